The zero-order chi connectivity index (χ0) is 38.6. The Kier molecular flexibility index (Phi) is 11.7. The molecule has 0 N–H and O–H groups in total. The number of allylic oxidation sites excluding steroid dienone is 5. The maximum absolute atomic E-state index is 5.90. The third-order valence-corrected chi connectivity index (χ3v) is 18.3. The summed E-state index contributed by atoms with van der Waals surface area (Å²) in [5.74, 6) is 0. The number of fused-ring (bicyclic) bond motifs is 1. The van der Waals surface area contributed by atoms with Gasteiger partial charge in [-0.25, -0.2) is 0 Å². The molecule has 3 aromatic heterocycles. The normalized spacial score (nSPS) is 14.7. The quantitative estimate of drug-likeness (QED) is 0.101. The van der Waals surface area contributed by atoms with Crippen LogP contribution in [0, 0.1) is 18.2 Å². The monoisotopic (exact) mass is 978 g/mol. The topological polar surface area (TPSA) is 35.0 Å². The van der Waals surface area contributed by atoms with Gasteiger partial charge in [-0.3, -0.25) is 0 Å². The van der Waals surface area contributed by atoms with E-state index in [4.69, 9.17) is 13.5 Å². The molecule has 0 atom stereocenters. The van der Waals surface area contributed by atoms with E-state index >= 15 is 0 Å². The van der Waals surface area contributed by atoms with Gasteiger partial charge in [0.05, 0.1) is 0 Å². The van der Waals surface area contributed by atoms with Gasteiger partial charge in [-0.15, -0.1) is 11.3 Å². The zero-order valence-corrected chi connectivity index (χ0v) is 37.2. The molecule has 1 aliphatic rings. The Bertz CT molecular complexity index is 2630. The summed E-state index contributed by atoms with van der Waals surface area (Å²) in [6.07, 6.45) is 11.1. The minimum atomic E-state index is -2.43. The van der Waals surface area contributed by atoms with Gasteiger partial charge in [0.15, 0.2) is 0 Å². The zero-order valence-electron chi connectivity index (χ0n) is 31.3. The van der Waals surface area contributed by atoms with Crippen molar-refractivity contribution in [2.24, 2.45) is 0 Å². The van der Waals surface area contributed by atoms with Crippen molar-refractivity contribution >= 4 is 80.8 Å². The average molecular weight is 977 g/mol. The number of ether oxygens (including phenoxy) is 1. The minimum absolute atomic E-state index is 0.542. The van der Waals surface area contributed by atoms with Crippen LogP contribution in [0.3, 0.4) is 0 Å². The fourth-order valence-corrected chi connectivity index (χ4v) is 15.9. The molecule has 7 aromatic rings. The van der Waals surface area contributed by atoms with Crippen LogP contribution in [-0.4, -0.2) is 22.0 Å². The Morgan fingerprint density at radius 3 is 1.66 bits per heavy atom. The van der Waals surface area contributed by atoms with Crippen molar-refractivity contribution in [3.05, 3.63) is 183 Å². The predicted octanol–water partition coefficient (Wildman–Crippen LogP) is 12.1. The van der Waals surface area contributed by atoms with Gasteiger partial charge in [0.1, 0.15) is 0 Å². The van der Waals surface area contributed by atoms with Crippen molar-refractivity contribution in [1.82, 2.24) is 8.75 Å². The van der Waals surface area contributed by atoms with Crippen LogP contribution in [-0.2, 0) is 22.7 Å². The van der Waals surface area contributed by atoms with Crippen molar-refractivity contribution in [2.75, 3.05) is 13.2 Å². The molecule has 0 unspecified atom stereocenters. The third kappa shape index (κ3) is 7.20. The van der Waals surface area contributed by atoms with Gasteiger partial charge in [-0.1, -0.05) is 6.08 Å². The summed E-state index contributed by atoms with van der Waals surface area (Å²) < 4.78 is 19.5. The first-order valence-electron chi connectivity index (χ1n) is 18.3. The molecule has 0 bridgehead atoms. The number of thiophene rings is 2. The van der Waals surface area contributed by atoms with Crippen molar-refractivity contribution in [3.8, 4) is 25.3 Å². The second-order valence-corrected chi connectivity index (χ2v) is 20.3. The predicted molar refractivity (Wildman–Crippen MR) is 241 cm³/mol. The van der Waals surface area contributed by atoms with Crippen LogP contribution in [0.25, 0.3) is 44.1 Å². The number of aromatic nitrogens is 2. The summed E-state index contributed by atoms with van der Waals surface area (Å²) in [5, 5.41) is 5.03. The molecule has 1 saturated heterocycles. The number of hydrogen-bond acceptors (Lipinski definition) is 6. The van der Waals surface area contributed by atoms with Gasteiger partial charge in [-0.2, -0.15) is 0 Å². The molecule has 0 amide bonds. The molecule has 1 aliphatic heterocycles. The molecule has 277 valence electrons. The Hall–Kier alpha value is -4.39. The van der Waals surface area contributed by atoms with Crippen LogP contribution < -0.4 is 15.9 Å². The van der Waals surface area contributed by atoms with Gasteiger partial charge in [-0.05, 0) is 25.1 Å². The Balaban J connectivity index is 1.30. The molecule has 8 heteroatoms. The molecule has 0 spiro atoms. The Morgan fingerprint density at radius 2 is 1.21 bits per heavy atom. The summed E-state index contributed by atoms with van der Waals surface area (Å²) in [6, 6.07) is 41.8. The first kappa shape index (κ1) is 38.5. The van der Waals surface area contributed by atoms with Crippen molar-refractivity contribution in [2.45, 2.75) is 20.8 Å². The molecule has 4 heterocycles. The van der Waals surface area contributed by atoms with Gasteiger partial charge in [0.25, 0.3) is 0 Å². The van der Waals surface area contributed by atoms with Gasteiger partial charge in [0.2, 0.25) is 0 Å². The van der Waals surface area contributed by atoms with Crippen LogP contribution in [0.15, 0.2) is 162 Å². The summed E-state index contributed by atoms with van der Waals surface area (Å²) in [7, 11) is -2.43. The maximum atomic E-state index is 5.90. The van der Waals surface area contributed by atoms with Gasteiger partial charge in [0, 0.05) is 9.75 Å². The average Bonchev–Trinajstić information content (AvgIpc) is 4.07. The number of nitrogens with zero attached hydrogens (tertiary/aromatic N) is 2. The molecule has 1 fully saturated rings. The molecular weight excluding hydrogens is 938 g/mol. The van der Waals surface area contributed by atoms with E-state index in [1.807, 2.05) is 0 Å². The molecule has 56 heavy (non-hydrogen) atoms. The Labute approximate surface area is 351 Å². The van der Waals surface area contributed by atoms with Crippen molar-refractivity contribution < 1.29 is 22.7 Å². The molecule has 0 radical (unpaired) electrons. The van der Waals surface area contributed by atoms with E-state index < -0.39 is 7.26 Å². The SMILES string of the molecule is C=C1COCC1=CC(/C=C/c1ccc(-c2c(C)c(C)c(-c3ccc(/C=C/C)s3)c3nsnc23)s1)=C([C]#[Os])[P+](c1ccccc1)(c1ccccc1)c1ccccc1. The van der Waals surface area contributed by atoms with E-state index in [2.05, 4.69) is 177 Å². The first-order chi connectivity index (χ1) is 27.4. The fraction of sp³-hybridized carbons (Fsp3) is 0.104. The standard InChI is InChI=1S/C48H39N2OPS3.Os/c1-6-16-41-25-27-43(53-41)45-33(3)34(4)46(48-47(45)49-55-50-48)44-28-26-42(54-44)24-23-36(29-37-31-51-30-32(37)2)35(5)52(38-17-10-7-11-18-38,39-19-12-8-13-20-39)40-21-14-9-15-22-40;/h6-29H,2,30-31H2,1,3-4H3;/q+1;/b16-6+,24-23+,36-35?,37-29?;. The van der Waals surface area contributed by atoms with Crippen LogP contribution in [0.4, 0.5) is 0 Å². The summed E-state index contributed by atoms with van der Waals surface area (Å²) in [6.45, 7) is 12.0. The second-order valence-electron chi connectivity index (χ2n) is 13.5. The molecule has 8 rings (SSSR count). The summed E-state index contributed by atoms with van der Waals surface area (Å²) >= 11 is 6.68. The molecule has 4 aromatic carbocycles. The van der Waals surface area contributed by atoms with Gasteiger partial charge < -0.3 is 0 Å². The van der Waals surface area contributed by atoms with Gasteiger partial charge >= 0.3 is 302 Å². The van der Waals surface area contributed by atoms with E-state index in [1.54, 1.807) is 40.6 Å². The van der Waals surface area contributed by atoms with Crippen LogP contribution in [0.5, 0.6) is 0 Å². The summed E-state index contributed by atoms with van der Waals surface area (Å²) in [5.41, 5.74) is 10.0. The van der Waals surface area contributed by atoms with E-state index in [1.165, 1.54) is 69.8 Å². The van der Waals surface area contributed by atoms with E-state index in [9.17, 15) is 0 Å². The Morgan fingerprint density at radius 1 is 0.714 bits per heavy atom. The first-order valence-corrected chi connectivity index (χ1v) is 23.8. The van der Waals surface area contributed by atoms with Crippen molar-refractivity contribution in [1.29, 1.82) is 0 Å². The number of rotatable bonds is 10. The van der Waals surface area contributed by atoms with Crippen molar-refractivity contribution in [3.63, 3.8) is 0 Å². The van der Waals surface area contributed by atoms with Crippen LogP contribution in [0.2, 0.25) is 0 Å². The molecule has 3 nitrogen and oxygen atoms in total. The number of benzene rings is 4. The summed E-state index contributed by atoms with van der Waals surface area (Å²) in [4.78, 5) is 4.81. The molecule has 0 saturated carbocycles. The fourth-order valence-electron chi connectivity index (χ4n) is 7.44. The van der Waals surface area contributed by atoms with Crippen LogP contribution >= 0.6 is 41.7 Å². The van der Waals surface area contributed by atoms with E-state index in [-0.39, 0.29) is 0 Å². The molecule has 0 aliphatic carbocycles. The second kappa shape index (κ2) is 17.0. The van der Waals surface area contributed by atoms with E-state index in [0.717, 1.165) is 32.6 Å². The van der Waals surface area contributed by atoms with E-state index in [0.29, 0.717) is 13.2 Å². The molecular formula is C48H39N2OOsPS3+. The number of hydrogen-bond donors (Lipinski definition) is 0. The third-order valence-electron chi connectivity index (χ3n) is 10.2. The van der Waals surface area contributed by atoms with Crippen LogP contribution in [0.1, 0.15) is 27.8 Å².